The maximum absolute atomic E-state index is 11.3. The molecule has 1 unspecified atom stereocenters. The first-order chi connectivity index (χ1) is 6.43. The summed E-state index contributed by atoms with van der Waals surface area (Å²) >= 11 is 0. The van der Waals surface area contributed by atoms with E-state index in [0.29, 0.717) is 0 Å². The molecule has 2 N–H and O–H groups in total. The van der Waals surface area contributed by atoms with Crippen molar-refractivity contribution in [2.45, 2.75) is 32.4 Å². The Balaban J connectivity index is 2.92. The molecule has 14 heavy (non-hydrogen) atoms. The molecule has 0 radical (unpaired) electrons. The topological polar surface area (TPSA) is 86.7 Å². The summed E-state index contributed by atoms with van der Waals surface area (Å²) in [7, 11) is 0. The van der Waals surface area contributed by atoms with Gasteiger partial charge >= 0.3 is 12.0 Å². The van der Waals surface area contributed by atoms with E-state index in [1.807, 2.05) is 0 Å². The van der Waals surface area contributed by atoms with Crippen molar-refractivity contribution in [2.24, 2.45) is 0 Å². The minimum atomic E-state index is -1.15. The molecule has 1 aliphatic rings. The maximum atomic E-state index is 11.3. The molecular formula is C8H12N2O4. The monoisotopic (exact) mass is 200 g/mol. The van der Waals surface area contributed by atoms with E-state index in [4.69, 9.17) is 5.11 Å². The van der Waals surface area contributed by atoms with Crippen molar-refractivity contribution in [1.29, 1.82) is 0 Å². The van der Waals surface area contributed by atoms with E-state index in [9.17, 15) is 14.4 Å². The number of amides is 3. The van der Waals surface area contributed by atoms with E-state index in [2.05, 4.69) is 5.32 Å². The highest BCUT2D eigenvalue weighted by Crippen LogP contribution is 2.14. The van der Waals surface area contributed by atoms with Crippen LogP contribution < -0.4 is 5.32 Å². The van der Waals surface area contributed by atoms with Crippen LogP contribution in [0.3, 0.4) is 0 Å². The summed E-state index contributed by atoms with van der Waals surface area (Å²) in [6.45, 7) is 3.40. The second-order valence-corrected chi connectivity index (χ2v) is 3.41. The highest BCUT2D eigenvalue weighted by atomic mass is 16.4. The molecule has 0 bridgehead atoms. The lowest BCUT2D eigenvalue weighted by Crippen LogP contribution is -2.59. The van der Waals surface area contributed by atoms with Crippen LogP contribution in [0.15, 0.2) is 0 Å². The molecule has 0 aliphatic carbocycles. The molecule has 0 spiro atoms. The van der Waals surface area contributed by atoms with Crippen molar-refractivity contribution in [3.8, 4) is 0 Å². The number of urea groups is 1. The van der Waals surface area contributed by atoms with Crippen LogP contribution in [-0.4, -0.2) is 40.0 Å². The summed E-state index contributed by atoms with van der Waals surface area (Å²) in [5, 5.41) is 10.9. The lowest BCUT2D eigenvalue weighted by Gasteiger charge is -2.35. The van der Waals surface area contributed by atoms with Gasteiger partial charge in [-0.15, -0.1) is 0 Å². The van der Waals surface area contributed by atoms with Gasteiger partial charge in [-0.05, 0) is 13.8 Å². The van der Waals surface area contributed by atoms with E-state index in [1.165, 1.54) is 0 Å². The Morgan fingerprint density at radius 1 is 1.57 bits per heavy atom. The first-order valence-corrected chi connectivity index (χ1v) is 4.28. The third-order valence-corrected chi connectivity index (χ3v) is 2.04. The average molecular weight is 200 g/mol. The zero-order valence-electron chi connectivity index (χ0n) is 7.98. The van der Waals surface area contributed by atoms with Gasteiger partial charge in [-0.25, -0.2) is 9.59 Å². The van der Waals surface area contributed by atoms with E-state index in [1.54, 1.807) is 13.8 Å². The first kappa shape index (κ1) is 10.5. The number of carbonyl (C=O) groups excluding carboxylic acids is 2. The van der Waals surface area contributed by atoms with Crippen LogP contribution in [-0.2, 0) is 9.59 Å². The van der Waals surface area contributed by atoms with Gasteiger partial charge in [0, 0.05) is 6.04 Å². The van der Waals surface area contributed by atoms with E-state index < -0.39 is 23.9 Å². The fraction of sp³-hybridized carbons (Fsp3) is 0.625. The molecular weight excluding hydrogens is 188 g/mol. The van der Waals surface area contributed by atoms with E-state index in [-0.39, 0.29) is 12.5 Å². The van der Waals surface area contributed by atoms with Gasteiger partial charge in [0.05, 0.1) is 6.42 Å². The van der Waals surface area contributed by atoms with Crippen LogP contribution in [0.4, 0.5) is 4.79 Å². The van der Waals surface area contributed by atoms with Crippen molar-refractivity contribution in [2.75, 3.05) is 0 Å². The van der Waals surface area contributed by atoms with E-state index >= 15 is 0 Å². The summed E-state index contributed by atoms with van der Waals surface area (Å²) in [6.07, 6.45) is -0.181. The number of carbonyl (C=O) groups is 3. The molecule has 6 heteroatoms. The Kier molecular flexibility index (Phi) is 2.73. The van der Waals surface area contributed by atoms with Gasteiger partial charge in [0.2, 0.25) is 5.91 Å². The van der Waals surface area contributed by atoms with Gasteiger partial charge in [-0.1, -0.05) is 0 Å². The summed E-state index contributed by atoms with van der Waals surface area (Å²) in [6, 6.07) is -1.93. The molecule has 1 saturated heterocycles. The molecule has 1 aliphatic heterocycles. The van der Waals surface area contributed by atoms with Crippen LogP contribution in [0, 0.1) is 0 Å². The van der Waals surface area contributed by atoms with Gasteiger partial charge in [0.1, 0.15) is 6.04 Å². The Labute approximate surface area is 80.9 Å². The van der Waals surface area contributed by atoms with Crippen LogP contribution >= 0.6 is 0 Å². The lowest BCUT2D eigenvalue weighted by atomic mass is 10.1. The SMILES string of the molecule is CC(C)N1C(=O)NC(=O)CC1C(=O)O. The smallest absolute Gasteiger partial charge is 0.327 e. The van der Waals surface area contributed by atoms with Crippen LogP contribution in [0.5, 0.6) is 0 Å². The average Bonchev–Trinajstić information content (AvgIpc) is 2.01. The lowest BCUT2D eigenvalue weighted by molar-refractivity contribution is -0.146. The zero-order valence-corrected chi connectivity index (χ0v) is 7.98. The van der Waals surface area contributed by atoms with Crippen LogP contribution in [0.1, 0.15) is 20.3 Å². The minimum absolute atomic E-state index is 0.181. The standard InChI is InChI=1S/C8H12N2O4/c1-4(2)10-5(7(12)13)3-6(11)9-8(10)14/h4-5H,3H2,1-2H3,(H,12,13)(H,9,11,14). The molecule has 3 amide bonds. The van der Waals surface area contributed by atoms with Crippen molar-refractivity contribution in [3.63, 3.8) is 0 Å². The second kappa shape index (κ2) is 3.65. The summed E-state index contributed by atoms with van der Waals surface area (Å²) in [4.78, 5) is 34.2. The molecule has 1 atom stereocenters. The fourth-order valence-corrected chi connectivity index (χ4v) is 1.45. The number of carboxylic acid groups (broad SMARTS) is 1. The number of rotatable bonds is 2. The summed E-state index contributed by atoms with van der Waals surface area (Å²) < 4.78 is 0. The highest BCUT2D eigenvalue weighted by molar-refractivity contribution is 6.01. The van der Waals surface area contributed by atoms with Crippen molar-refractivity contribution >= 4 is 17.9 Å². The molecule has 0 aromatic carbocycles. The third kappa shape index (κ3) is 1.84. The van der Waals surface area contributed by atoms with Crippen molar-refractivity contribution in [1.82, 2.24) is 10.2 Å². The maximum Gasteiger partial charge on any atom is 0.327 e. The van der Waals surface area contributed by atoms with Gasteiger partial charge in [0.25, 0.3) is 0 Å². The normalized spacial score (nSPS) is 22.5. The molecule has 1 heterocycles. The molecule has 0 aromatic rings. The number of nitrogens with zero attached hydrogens (tertiary/aromatic N) is 1. The van der Waals surface area contributed by atoms with Gasteiger partial charge in [0.15, 0.2) is 0 Å². The summed E-state index contributed by atoms with van der Waals surface area (Å²) in [5.74, 6) is -1.69. The Hall–Kier alpha value is -1.59. The van der Waals surface area contributed by atoms with Gasteiger partial charge < -0.3 is 10.0 Å². The first-order valence-electron chi connectivity index (χ1n) is 4.28. The van der Waals surface area contributed by atoms with Crippen molar-refractivity contribution in [3.05, 3.63) is 0 Å². The second-order valence-electron chi connectivity index (χ2n) is 3.41. The van der Waals surface area contributed by atoms with Gasteiger partial charge in [-0.2, -0.15) is 0 Å². The van der Waals surface area contributed by atoms with E-state index in [0.717, 1.165) is 4.90 Å². The molecule has 0 aromatic heterocycles. The minimum Gasteiger partial charge on any atom is -0.480 e. The highest BCUT2D eigenvalue weighted by Gasteiger charge is 2.38. The van der Waals surface area contributed by atoms with Gasteiger partial charge in [-0.3, -0.25) is 10.1 Å². The van der Waals surface area contributed by atoms with Crippen molar-refractivity contribution < 1.29 is 19.5 Å². The molecule has 1 rings (SSSR count). The molecule has 1 fully saturated rings. The van der Waals surface area contributed by atoms with Crippen LogP contribution in [0.2, 0.25) is 0 Å². The number of carboxylic acids is 1. The largest absolute Gasteiger partial charge is 0.480 e. The quantitative estimate of drug-likeness (QED) is 0.645. The Morgan fingerprint density at radius 2 is 2.14 bits per heavy atom. The number of hydrogen-bond acceptors (Lipinski definition) is 3. The molecule has 78 valence electrons. The summed E-state index contributed by atoms with van der Waals surface area (Å²) in [5.41, 5.74) is 0. The van der Waals surface area contributed by atoms with Crippen LogP contribution in [0.25, 0.3) is 0 Å². The third-order valence-electron chi connectivity index (χ3n) is 2.04. The predicted molar refractivity (Wildman–Crippen MR) is 46.6 cm³/mol. The number of nitrogens with one attached hydrogen (secondary N) is 1. The number of imide groups is 1. The Morgan fingerprint density at radius 3 is 2.57 bits per heavy atom. The number of aliphatic carboxylic acids is 1. The number of hydrogen-bond donors (Lipinski definition) is 2. The fourth-order valence-electron chi connectivity index (χ4n) is 1.45. The Bertz CT molecular complexity index is 287. The zero-order chi connectivity index (χ0) is 10.9. The molecule has 0 saturated carbocycles. The molecule has 6 nitrogen and oxygen atoms in total. The predicted octanol–water partition coefficient (Wildman–Crippen LogP) is -0.210.